The van der Waals surface area contributed by atoms with Crippen LogP contribution in [0.5, 0.6) is 0 Å². The maximum absolute atomic E-state index is 13.4. The number of urea groups is 1. The summed E-state index contributed by atoms with van der Waals surface area (Å²) in [4.78, 5) is 38.2. The molecule has 0 spiro atoms. The number of anilines is 1. The minimum Gasteiger partial charge on any atom is -0.325 e. The lowest BCUT2D eigenvalue weighted by Crippen LogP contribution is -2.64. The summed E-state index contributed by atoms with van der Waals surface area (Å²) in [6.45, 7) is 3.77. The first-order chi connectivity index (χ1) is 14.0. The summed E-state index contributed by atoms with van der Waals surface area (Å²) in [5, 5.41) is 0. The van der Waals surface area contributed by atoms with Crippen molar-refractivity contribution in [1.29, 1.82) is 0 Å². The van der Waals surface area contributed by atoms with Crippen molar-refractivity contribution in [2.45, 2.75) is 25.7 Å². The number of nitrogens with zero attached hydrogens (tertiary/aromatic N) is 5. The molecule has 148 valence electrons. The molecule has 0 aliphatic carbocycles. The third-order valence-electron chi connectivity index (χ3n) is 5.91. The third kappa shape index (κ3) is 2.76. The average molecular weight is 389 g/mol. The number of para-hydroxylation sites is 1. The van der Waals surface area contributed by atoms with Gasteiger partial charge in [0.2, 0.25) is 5.96 Å². The van der Waals surface area contributed by atoms with Crippen molar-refractivity contribution in [3.05, 3.63) is 65.7 Å². The van der Waals surface area contributed by atoms with Crippen LogP contribution >= 0.6 is 0 Å². The van der Waals surface area contributed by atoms with E-state index in [2.05, 4.69) is 4.90 Å². The van der Waals surface area contributed by atoms with Crippen LogP contribution in [0.2, 0.25) is 0 Å². The van der Waals surface area contributed by atoms with E-state index in [0.29, 0.717) is 6.54 Å². The molecule has 7 heteroatoms. The number of fused-ring (bicyclic) bond motifs is 3. The van der Waals surface area contributed by atoms with E-state index in [1.807, 2.05) is 66.4 Å². The molecule has 3 heterocycles. The maximum Gasteiger partial charge on any atom is 0.328 e. The largest absolute Gasteiger partial charge is 0.328 e. The number of likely N-dealkylation sites (N-methyl/N-ethyl adjacent to an activating group) is 1. The first-order valence-electron chi connectivity index (χ1n) is 9.85. The van der Waals surface area contributed by atoms with Crippen molar-refractivity contribution in [2.24, 2.45) is 4.99 Å². The van der Waals surface area contributed by atoms with Gasteiger partial charge in [-0.3, -0.25) is 9.69 Å². The van der Waals surface area contributed by atoms with E-state index in [-0.39, 0.29) is 18.5 Å². The van der Waals surface area contributed by atoms with E-state index >= 15 is 0 Å². The maximum atomic E-state index is 13.4. The fourth-order valence-electron chi connectivity index (χ4n) is 4.31. The number of hydrogen-bond acceptors (Lipinski definition) is 5. The van der Waals surface area contributed by atoms with Crippen LogP contribution in [0.1, 0.15) is 11.1 Å². The molecule has 2 saturated heterocycles. The normalized spacial score (nSPS) is 23.4. The lowest BCUT2D eigenvalue weighted by Gasteiger charge is -2.40. The van der Waals surface area contributed by atoms with Crippen LogP contribution in [0.3, 0.4) is 0 Å². The highest BCUT2D eigenvalue weighted by Crippen LogP contribution is 2.33. The van der Waals surface area contributed by atoms with Gasteiger partial charge in [0.05, 0.1) is 6.54 Å². The molecule has 3 amide bonds. The molecular formula is C22H23N5O2. The van der Waals surface area contributed by atoms with Gasteiger partial charge in [0.1, 0.15) is 0 Å². The molecule has 0 radical (unpaired) electrons. The molecule has 0 bridgehead atoms. The summed E-state index contributed by atoms with van der Waals surface area (Å²) in [6.07, 6.45) is -0.481. The van der Waals surface area contributed by atoms with E-state index in [1.54, 1.807) is 11.9 Å². The number of aliphatic imine (C=N–C) groups is 1. The number of imide groups is 1. The second kappa shape index (κ2) is 6.62. The van der Waals surface area contributed by atoms with Gasteiger partial charge in [-0.2, -0.15) is 0 Å². The van der Waals surface area contributed by atoms with Gasteiger partial charge in [-0.05, 0) is 24.6 Å². The van der Waals surface area contributed by atoms with Crippen molar-refractivity contribution >= 4 is 23.6 Å². The highest BCUT2D eigenvalue weighted by atomic mass is 16.2. The van der Waals surface area contributed by atoms with E-state index < -0.39 is 12.2 Å². The molecule has 2 atom stereocenters. The van der Waals surface area contributed by atoms with Crippen molar-refractivity contribution < 1.29 is 9.59 Å². The molecular weight excluding hydrogens is 366 g/mol. The second-order valence-corrected chi connectivity index (χ2v) is 7.77. The smallest absolute Gasteiger partial charge is 0.325 e. The summed E-state index contributed by atoms with van der Waals surface area (Å²) >= 11 is 0. The summed E-state index contributed by atoms with van der Waals surface area (Å²) in [7, 11) is 1.73. The Morgan fingerprint density at radius 2 is 1.72 bits per heavy atom. The summed E-state index contributed by atoms with van der Waals surface area (Å²) in [6, 6.07) is 17.2. The van der Waals surface area contributed by atoms with Crippen LogP contribution in [0.25, 0.3) is 0 Å². The Balaban J connectivity index is 1.43. The predicted molar refractivity (Wildman–Crippen MR) is 110 cm³/mol. The van der Waals surface area contributed by atoms with Crippen LogP contribution < -0.4 is 4.90 Å². The molecule has 0 N–H and O–H groups in total. The van der Waals surface area contributed by atoms with Crippen molar-refractivity contribution in [3.8, 4) is 0 Å². The Labute approximate surface area is 169 Å². The summed E-state index contributed by atoms with van der Waals surface area (Å²) < 4.78 is 0. The number of hydrogen-bond donors (Lipinski definition) is 0. The fraction of sp³-hybridized carbons (Fsp3) is 0.318. The highest BCUT2D eigenvalue weighted by Gasteiger charge is 2.54. The minimum atomic E-state index is -0.481. The Morgan fingerprint density at radius 3 is 2.45 bits per heavy atom. The van der Waals surface area contributed by atoms with E-state index in [9.17, 15) is 9.59 Å². The first kappa shape index (κ1) is 17.7. The van der Waals surface area contributed by atoms with Crippen LogP contribution in [-0.2, 0) is 11.3 Å². The van der Waals surface area contributed by atoms with Crippen molar-refractivity contribution in [3.63, 3.8) is 0 Å². The van der Waals surface area contributed by atoms with Gasteiger partial charge in [-0.1, -0.05) is 48.0 Å². The van der Waals surface area contributed by atoms with Gasteiger partial charge in [-0.15, -0.1) is 0 Å². The number of rotatable bonds is 3. The topological polar surface area (TPSA) is 59.5 Å². The molecule has 2 fully saturated rings. The Hall–Kier alpha value is -3.35. The van der Waals surface area contributed by atoms with Gasteiger partial charge >= 0.3 is 6.03 Å². The molecule has 2 aromatic carbocycles. The zero-order chi connectivity index (χ0) is 20.1. The number of carbonyl (C=O) groups excluding carboxylic acids is 2. The second-order valence-electron chi connectivity index (χ2n) is 7.77. The summed E-state index contributed by atoms with van der Waals surface area (Å²) in [5.74, 6) is 0.601. The van der Waals surface area contributed by atoms with Crippen molar-refractivity contribution in [2.75, 3.05) is 25.0 Å². The first-order valence-corrected chi connectivity index (χ1v) is 9.85. The number of aryl methyl sites for hydroxylation is 1. The molecule has 0 aromatic heterocycles. The highest BCUT2D eigenvalue weighted by molar-refractivity contribution is 6.07. The van der Waals surface area contributed by atoms with Gasteiger partial charge in [-0.25, -0.2) is 9.79 Å². The predicted octanol–water partition coefficient (Wildman–Crippen LogP) is 2.28. The molecule has 0 saturated carbocycles. The lowest BCUT2D eigenvalue weighted by atomic mass is 10.1. The number of guanidine groups is 1. The van der Waals surface area contributed by atoms with E-state index in [0.717, 1.165) is 29.3 Å². The zero-order valence-electron chi connectivity index (χ0n) is 16.5. The van der Waals surface area contributed by atoms with Crippen LogP contribution in [0.4, 0.5) is 10.5 Å². The summed E-state index contributed by atoms with van der Waals surface area (Å²) in [5.41, 5.74) is 3.13. The van der Waals surface area contributed by atoms with Gasteiger partial charge in [0.15, 0.2) is 12.2 Å². The molecule has 29 heavy (non-hydrogen) atoms. The molecule has 3 aliphatic rings. The van der Waals surface area contributed by atoms with Crippen LogP contribution in [0.15, 0.2) is 59.6 Å². The van der Waals surface area contributed by atoms with Crippen molar-refractivity contribution in [1.82, 2.24) is 14.7 Å². The fourth-order valence-corrected chi connectivity index (χ4v) is 4.31. The molecule has 7 nitrogen and oxygen atoms in total. The van der Waals surface area contributed by atoms with Gasteiger partial charge in [0, 0.05) is 25.8 Å². The van der Waals surface area contributed by atoms with Crippen LogP contribution in [0, 0.1) is 6.92 Å². The minimum absolute atomic E-state index is 0.174. The monoisotopic (exact) mass is 389 g/mol. The molecule has 2 aromatic rings. The van der Waals surface area contributed by atoms with E-state index in [1.165, 1.54) is 4.90 Å². The van der Waals surface area contributed by atoms with E-state index in [4.69, 9.17) is 4.99 Å². The molecule has 5 rings (SSSR count). The standard InChI is InChI=1S/C22H23N5O2/c1-15-8-10-16(11-9-15)14-27-20(28)18-19(24(2)22(27)29)23-21-25(12-13-26(18)21)17-6-4-3-5-7-17/h3-11,18-19H,12-14H2,1-2H3. The quantitative estimate of drug-likeness (QED) is 0.808. The SMILES string of the molecule is Cc1ccc(CN2C(=O)C3C(N=C4N(c5ccccc5)CCN43)N(C)C2=O)cc1. The third-order valence-corrected chi connectivity index (χ3v) is 5.91. The number of benzene rings is 2. The van der Waals surface area contributed by atoms with Gasteiger partial charge in [0.25, 0.3) is 5.91 Å². The Morgan fingerprint density at radius 1 is 1.00 bits per heavy atom. The van der Waals surface area contributed by atoms with Crippen LogP contribution in [-0.4, -0.2) is 64.9 Å². The number of carbonyl (C=O) groups is 2. The van der Waals surface area contributed by atoms with Gasteiger partial charge < -0.3 is 14.7 Å². The zero-order valence-corrected chi connectivity index (χ0v) is 16.5. The number of amides is 3. The molecule has 3 aliphatic heterocycles. The lowest BCUT2D eigenvalue weighted by molar-refractivity contribution is -0.137. The molecule has 2 unspecified atom stereocenters. The average Bonchev–Trinajstić information content (AvgIpc) is 3.31. The Kier molecular flexibility index (Phi) is 4.04. The Bertz CT molecular complexity index is 988.